The Kier molecular flexibility index (Phi) is 4.59. The fourth-order valence-corrected chi connectivity index (χ4v) is 1.98. The molecule has 0 unspecified atom stereocenters. The predicted octanol–water partition coefficient (Wildman–Crippen LogP) is 2.46. The highest BCUT2D eigenvalue weighted by Crippen LogP contribution is 2.32. The van der Waals surface area contributed by atoms with Gasteiger partial charge in [0.25, 0.3) is 5.91 Å². The zero-order valence-electron chi connectivity index (χ0n) is 11.9. The van der Waals surface area contributed by atoms with Crippen LogP contribution in [0.3, 0.4) is 0 Å². The predicted molar refractivity (Wildman–Crippen MR) is 82.3 cm³/mol. The smallest absolute Gasteiger partial charge is 0.256 e. The lowest BCUT2D eigenvalue weighted by atomic mass is 10.2. The third-order valence-electron chi connectivity index (χ3n) is 2.80. The number of carbonyl (C=O) groups excluding carboxylic acids is 1. The first kappa shape index (κ1) is 15.1. The number of carbonyl (C=O) groups is 1. The number of hydrogen-bond acceptors (Lipinski definition) is 5. The van der Waals surface area contributed by atoms with Crippen LogP contribution >= 0.6 is 11.6 Å². The first-order chi connectivity index (χ1) is 10.0. The molecule has 0 fully saturated rings. The SMILES string of the molecule is COc1nccc(N(C)C)c1NC(=O)c1ccnc(Cl)c1. The van der Waals surface area contributed by atoms with E-state index in [1.165, 1.54) is 19.4 Å². The molecular weight excluding hydrogens is 292 g/mol. The summed E-state index contributed by atoms with van der Waals surface area (Å²) in [6, 6.07) is 4.87. The Morgan fingerprint density at radius 3 is 2.62 bits per heavy atom. The molecule has 0 radical (unpaired) electrons. The summed E-state index contributed by atoms with van der Waals surface area (Å²) in [5, 5.41) is 3.06. The largest absolute Gasteiger partial charge is 0.479 e. The molecule has 0 aliphatic heterocycles. The zero-order chi connectivity index (χ0) is 15.4. The Labute approximate surface area is 127 Å². The third-order valence-corrected chi connectivity index (χ3v) is 3.00. The van der Waals surface area contributed by atoms with E-state index in [4.69, 9.17) is 16.3 Å². The van der Waals surface area contributed by atoms with E-state index in [9.17, 15) is 4.79 Å². The van der Waals surface area contributed by atoms with Gasteiger partial charge in [-0.2, -0.15) is 0 Å². The van der Waals surface area contributed by atoms with Crippen LogP contribution in [0.1, 0.15) is 10.4 Å². The fraction of sp³-hybridized carbons (Fsp3) is 0.214. The molecular formula is C14H15ClN4O2. The van der Waals surface area contributed by atoms with Crippen LogP contribution in [0.5, 0.6) is 5.88 Å². The Morgan fingerprint density at radius 1 is 1.29 bits per heavy atom. The second-order valence-electron chi connectivity index (χ2n) is 4.43. The van der Waals surface area contributed by atoms with Gasteiger partial charge in [0.1, 0.15) is 10.8 Å². The van der Waals surface area contributed by atoms with Gasteiger partial charge in [-0.3, -0.25) is 4.79 Å². The lowest BCUT2D eigenvalue weighted by Gasteiger charge is -2.19. The Bertz CT molecular complexity index is 661. The van der Waals surface area contributed by atoms with Crippen molar-refractivity contribution in [2.75, 3.05) is 31.4 Å². The molecule has 1 N–H and O–H groups in total. The van der Waals surface area contributed by atoms with Gasteiger partial charge in [-0.15, -0.1) is 0 Å². The van der Waals surface area contributed by atoms with Gasteiger partial charge in [0.2, 0.25) is 5.88 Å². The van der Waals surface area contributed by atoms with Crippen LogP contribution < -0.4 is 15.0 Å². The number of amides is 1. The number of halogens is 1. The maximum absolute atomic E-state index is 12.3. The van der Waals surface area contributed by atoms with Crippen LogP contribution in [-0.2, 0) is 0 Å². The van der Waals surface area contributed by atoms with E-state index < -0.39 is 0 Å². The molecule has 0 aromatic carbocycles. The van der Waals surface area contributed by atoms with E-state index in [2.05, 4.69) is 15.3 Å². The second-order valence-corrected chi connectivity index (χ2v) is 4.82. The van der Waals surface area contributed by atoms with Gasteiger partial charge in [0, 0.05) is 32.1 Å². The van der Waals surface area contributed by atoms with Crippen molar-refractivity contribution in [3.8, 4) is 5.88 Å². The van der Waals surface area contributed by atoms with Crippen LogP contribution in [0.4, 0.5) is 11.4 Å². The number of nitrogens with one attached hydrogen (secondary N) is 1. The highest BCUT2D eigenvalue weighted by atomic mass is 35.5. The lowest BCUT2D eigenvalue weighted by molar-refractivity contribution is 0.102. The normalized spacial score (nSPS) is 10.1. The van der Waals surface area contributed by atoms with Gasteiger partial charge < -0.3 is 15.0 Å². The van der Waals surface area contributed by atoms with Gasteiger partial charge in [0.05, 0.1) is 12.8 Å². The molecule has 0 atom stereocenters. The van der Waals surface area contributed by atoms with Crippen molar-refractivity contribution < 1.29 is 9.53 Å². The molecule has 7 heteroatoms. The minimum Gasteiger partial charge on any atom is -0.479 e. The van der Waals surface area contributed by atoms with E-state index >= 15 is 0 Å². The minimum absolute atomic E-state index is 0.258. The van der Waals surface area contributed by atoms with Gasteiger partial charge in [0.15, 0.2) is 0 Å². The summed E-state index contributed by atoms with van der Waals surface area (Å²) in [7, 11) is 5.24. The molecule has 0 saturated heterocycles. The average Bonchev–Trinajstić information content (AvgIpc) is 2.47. The first-order valence-corrected chi connectivity index (χ1v) is 6.54. The average molecular weight is 307 g/mol. The zero-order valence-corrected chi connectivity index (χ0v) is 12.7. The van der Waals surface area contributed by atoms with Crippen molar-refractivity contribution in [3.63, 3.8) is 0 Å². The van der Waals surface area contributed by atoms with Crippen molar-refractivity contribution in [1.29, 1.82) is 0 Å². The summed E-state index contributed by atoms with van der Waals surface area (Å²) >= 11 is 5.80. The summed E-state index contributed by atoms with van der Waals surface area (Å²) in [6.45, 7) is 0. The van der Waals surface area contributed by atoms with E-state index in [-0.39, 0.29) is 11.1 Å². The van der Waals surface area contributed by atoms with Crippen molar-refractivity contribution in [2.45, 2.75) is 0 Å². The van der Waals surface area contributed by atoms with Gasteiger partial charge in [-0.1, -0.05) is 11.6 Å². The molecule has 0 aliphatic carbocycles. The summed E-state index contributed by atoms with van der Waals surface area (Å²) in [6.07, 6.45) is 3.09. The van der Waals surface area contributed by atoms with Crippen LogP contribution in [0.25, 0.3) is 0 Å². The van der Waals surface area contributed by atoms with E-state index in [1.54, 1.807) is 18.3 Å². The highest BCUT2D eigenvalue weighted by molar-refractivity contribution is 6.29. The third kappa shape index (κ3) is 3.41. The van der Waals surface area contributed by atoms with Crippen LogP contribution in [0.15, 0.2) is 30.6 Å². The molecule has 0 bridgehead atoms. The van der Waals surface area contributed by atoms with E-state index in [1.807, 2.05) is 19.0 Å². The van der Waals surface area contributed by atoms with E-state index in [0.29, 0.717) is 17.1 Å². The molecule has 2 heterocycles. The Hall–Kier alpha value is -2.34. The topological polar surface area (TPSA) is 67.3 Å². The Morgan fingerprint density at radius 2 is 2.00 bits per heavy atom. The quantitative estimate of drug-likeness (QED) is 0.879. The van der Waals surface area contributed by atoms with Crippen molar-refractivity contribution in [3.05, 3.63) is 41.3 Å². The monoisotopic (exact) mass is 306 g/mol. The van der Waals surface area contributed by atoms with Gasteiger partial charge in [-0.05, 0) is 18.2 Å². The fourth-order valence-electron chi connectivity index (χ4n) is 1.81. The Balaban J connectivity index is 2.36. The van der Waals surface area contributed by atoms with Crippen LogP contribution in [-0.4, -0.2) is 37.1 Å². The summed E-state index contributed by atoms with van der Waals surface area (Å²) in [5.74, 6) is 0.0309. The molecule has 6 nitrogen and oxygen atoms in total. The first-order valence-electron chi connectivity index (χ1n) is 6.16. The maximum Gasteiger partial charge on any atom is 0.256 e. The number of pyridine rings is 2. The van der Waals surface area contributed by atoms with Crippen LogP contribution in [0, 0.1) is 0 Å². The summed E-state index contributed by atoms with van der Waals surface area (Å²) < 4.78 is 5.21. The molecule has 2 aromatic heterocycles. The number of hydrogen-bond donors (Lipinski definition) is 1. The molecule has 110 valence electrons. The lowest BCUT2D eigenvalue weighted by Crippen LogP contribution is -2.18. The number of ether oxygens (including phenoxy) is 1. The number of anilines is 2. The molecule has 21 heavy (non-hydrogen) atoms. The van der Waals surface area contributed by atoms with Gasteiger partial charge >= 0.3 is 0 Å². The molecule has 0 saturated carbocycles. The molecule has 2 aromatic rings. The number of aromatic nitrogens is 2. The molecule has 1 amide bonds. The minimum atomic E-state index is -0.311. The number of nitrogens with zero attached hydrogens (tertiary/aromatic N) is 3. The van der Waals surface area contributed by atoms with Crippen molar-refractivity contribution in [1.82, 2.24) is 9.97 Å². The van der Waals surface area contributed by atoms with Crippen molar-refractivity contribution >= 4 is 28.9 Å². The van der Waals surface area contributed by atoms with Crippen molar-refractivity contribution in [2.24, 2.45) is 0 Å². The van der Waals surface area contributed by atoms with Gasteiger partial charge in [-0.25, -0.2) is 9.97 Å². The summed E-state index contributed by atoms with van der Waals surface area (Å²) in [5.41, 5.74) is 1.70. The molecule has 2 rings (SSSR count). The molecule has 0 spiro atoms. The number of methoxy groups -OCH3 is 1. The van der Waals surface area contributed by atoms with Crippen LogP contribution in [0.2, 0.25) is 5.15 Å². The highest BCUT2D eigenvalue weighted by Gasteiger charge is 2.16. The summed E-state index contributed by atoms with van der Waals surface area (Å²) in [4.78, 5) is 22.1. The molecule has 0 aliphatic rings. The van der Waals surface area contributed by atoms with E-state index in [0.717, 1.165) is 5.69 Å². The number of rotatable bonds is 4. The standard InChI is InChI=1S/C14H15ClN4O2/c1-19(2)10-5-7-17-14(21-3)12(10)18-13(20)9-4-6-16-11(15)8-9/h4-8H,1-3H3,(H,18,20). The maximum atomic E-state index is 12.3. The second kappa shape index (κ2) is 6.41.